The third-order valence-corrected chi connectivity index (χ3v) is 3.71. The molecule has 6 nitrogen and oxygen atoms in total. The zero-order chi connectivity index (χ0) is 14.7. The van der Waals surface area contributed by atoms with Crippen molar-refractivity contribution in [2.45, 2.75) is 19.9 Å². The van der Waals surface area contributed by atoms with Crippen molar-refractivity contribution in [2.75, 3.05) is 0 Å². The summed E-state index contributed by atoms with van der Waals surface area (Å²) in [7, 11) is 0. The van der Waals surface area contributed by atoms with Crippen LogP contribution in [0.1, 0.15) is 43.7 Å². The standard InChI is InChI=1S/C13H13N3O3S/c1-7-6-15-12(20-7)8(2)16-11(17)10-9(13(18)19)4-3-5-14-10/h3-6,8H,1-2H3,(H,16,17)(H,18,19). The van der Waals surface area contributed by atoms with E-state index in [1.165, 1.54) is 29.7 Å². The molecule has 0 radical (unpaired) electrons. The Bertz CT molecular complexity index is 654. The van der Waals surface area contributed by atoms with Crippen LogP contribution in [0.15, 0.2) is 24.5 Å². The summed E-state index contributed by atoms with van der Waals surface area (Å²) in [6, 6.07) is 2.53. The fourth-order valence-corrected chi connectivity index (χ4v) is 2.43. The number of carbonyl (C=O) groups excluding carboxylic acids is 1. The van der Waals surface area contributed by atoms with Gasteiger partial charge in [0.25, 0.3) is 5.91 Å². The van der Waals surface area contributed by atoms with E-state index in [2.05, 4.69) is 15.3 Å². The summed E-state index contributed by atoms with van der Waals surface area (Å²) < 4.78 is 0. The maximum absolute atomic E-state index is 12.1. The van der Waals surface area contributed by atoms with Gasteiger partial charge >= 0.3 is 5.97 Å². The number of carboxylic acids is 1. The monoisotopic (exact) mass is 291 g/mol. The van der Waals surface area contributed by atoms with Crippen molar-refractivity contribution in [3.8, 4) is 0 Å². The molecular weight excluding hydrogens is 278 g/mol. The number of rotatable bonds is 4. The molecule has 0 spiro atoms. The lowest BCUT2D eigenvalue weighted by Crippen LogP contribution is -2.29. The van der Waals surface area contributed by atoms with E-state index in [1.807, 2.05) is 6.92 Å². The van der Waals surface area contributed by atoms with Crippen molar-refractivity contribution in [3.05, 3.63) is 45.7 Å². The minimum absolute atomic E-state index is 0.0971. The van der Waals surface area contributed by atoms with Crippen molar-refractivity contribution in [2.24, 2.45) is 0 Å². The number of carboxylic acid groups (broad SMARTS) is 1. The first-order chi connectivity index (χ1) is 9.49. The van der Waals surface area contributed by atoms with Gasteiger partial charge in [0.1, 0.15) is 10.7 Å². The lowest BCUT2D eigenvalue weighted by Gasteiger charge is -2.11. The quantitative estimate of drug-likeness (QED) is 0.899. The molecule has 0 aromatic carbocycles. The number of aromatic nitrogens is 2. The van der Waals surface area contributed by atoms with E-state index in [0.29, 0.717) is 0 Å². The zero-order valence-electron chi connectivity index (χ0n) is 11.0. The molecule has 20 heavy (non-hydrogen) atoms. The lowest BCUT2D eigenvalue weighted by molar-refractivity contribution is 0.0689. The molecule has 2 aromatic heterocycles. The number of aryl methyl sites for hydroxylation is 1. The molecule has 2 N–H and O–H groups in total. The topological polar surface area (TPSA) is 92.2 Å². The van der Waals surface area contributed by atoms with Gasteiger partial charge in [0.15, 0.2) is 0 Å². The van der Waals surface area contributed by atoms with Crippen molar-refractivity contribution in [1.82, 2.24) is 15.3 Å². The van der Waals surface area contributed by atoms with Crippen LogP contribution in [-0.4, -0.2) is 27.0 Å². The van der Waals surface area contributed by atoms with Gasteiger partial charge in [0, 0.05) is 17.3 Å². The second-order valence-corrected chi connectivity index (χ2v) is 5.48. The summed E-state index contributed by atoms with van der Waals surface area (Å²) in [5.41, 5.74) is -0.215. The Morgan fingerprint density at radius 1 is 1.40 bits per heavy atom. The Morgan fingerprint density at radius 3 is 2.75 bits per heavy atom. The first-order valence-corrected chi connectivity index (χ1v) is 6.72. The van der Waals surface area contributed by atoms with Crippen LogP contribution in [0.3, 0.4) is 0 Å². The van der Waals surface area contributed by atoms with Crippen molar-refractivity contribution < 1.29 is 14.7 Å². The van der Waals surface area contributed by atoms with Gasteiger partial charge in [-0.1, -0.05) is 0 Å². The number of pyridine rings is 1. The van der Waals surface area contributed by atoms with Gasteiger partial charge in [-0.15, -0.1) is 11.3 Å². The van der Waals surface area contributed by atoms with Gasteiger partial charge in [-0.3, -0.25) is 9.78 Å². The Labute approximate surface area is 119 Å². The number of hydrogen-bond acceptors (Lipinski definition) is 5. The molecule has 0 fully saturated rings. The van der Waals surface area contributed by atoms with Crippen molar-refractivity contribution in [3.63, 3.8) is 0 Å². The molecule has 0 aliphatic carbocycles. The van der Waals surface area contributed by atoms with Gasteiger partial charge in [0.2, 0.25) is 0 Å². The Balaban J connectivity index is 2.18. The summed E-state index contributed by atoms with van der Waals surface area (Å²) in [5, 5.41) is 12.5. The van der Waals surface area contributed by atoms with Gasteiger partial charge < -0.3 is 10.4 Å². The smallest absolute Gasteiger partial charge is 0.338 e. The minimum Gasteiger partial charge on any atom is -0.478 e. The number of nitrogens with zero attached hydrogens (tertiary/aromatic N) is 2. The number of thiazole rings is 1. The van der Waals surface area contributed by atoms with Crippen molar-refractivity contribution in [1.29, 1.82) is 0 Å². The fraction of sp³-hybridized carbons (Fsp3) is 0.231. The average molecular weight is 291 g/mol. The number of carbonyl (C=O) groups is 2. The van der Waals surface area contributed by atoms with E-state index in [9.17, 15) is 9.59 Å². The van der Waals surface area contributed by atoms with E-state index in [0.717, 1.165) is 9.88 Å². The second kappa shape index (κ2) is 5.79. The van der Waals surface area contributed by atoms with Crippen LogP contribution in [-0.2, 0) is 0 Å². The molecule has 0 aliphatic heterocycles. The molecule has 1 atom stereocenters. The van der Waals surface area contributed by atoms with Gasteiger partial charge in [-0.2, -0.15) is 0 Å². The molecule has 2 heterocycles. The van der Waals surface area contributed by atoms with Crippen LogP contribution < -0.4 is 5.32 Å². The van der Waals surface area contributed by atoms with Gasteiger partial charge in [0.05, 0.1) is 11.6 Å². The van der Waals surface area contributed by atoms with Gasteiger partial charge in [-0.05, 0) is 26.0 Å². The molecule has 2 aromatic rings. The normalized spacial score (nSPS) is 11.9. The van der Waals surface area contributed by atoms with Crippen LogP contribution in [0.5, 0.6) is 0 Å². The molecule has 2 rings (SSSR count). The van der Waals surface area contributed by atoms with E-state index in [4.69, 9.17) is 5.11 Å². The Morgan fingerprint density at radius 2 is 2.15 bits per heavy atom. The maximum atomic E-state index is 12.1. The third-order valence-electron chi connectivity index (χ3n) is 2.61. The first-order valence-electron chi connectivity index (χ1n) is 5.90. The highest BCUT2D eigenvalue weighted by atomic mass is 32.1. The van der Waals surface area contributed by atoms with Crippen LogP contribution >= 0.6 is 11.3 Å². The molecule has 1 unspecified atom stereocenters. The highest BCUT2D eigenvalue weighted by Crippen LogP contribution is 2.19. The predicted octanol–water partition coefficient (Wildman–Crippen LogP) is 2.04. The summed E-state index contributed by atoms with van der Waals surface area (Å²) in [6.45, 7) is 3.72. The molecule has 0 bridgehead atoms. The zero-order valence-corrected chi connectivity index (χ0v) is 11.8. The highest BCUT2D eigenvalue weighted by Gasteiger charge is 2.20. The fourth-order valence-electron chi connectivity index (χ4n) is 1.66. The van der Waals surface area contributed by atoms with Crippen LogP contribution in [0.4, 0.5) is 0 Å². The third kappa shape index (κ3) is 3.00. The molecule has 1 amide bonds. The molecule has 104 valence electrons. The summed E-state index contributed by atoms with van der Waals surface area (Å²) in [6.07, 6.45) is 3.12. The van der Waals surface area contributed by atoms with E-state index >= 15 is 0 Å². The van der Waals surface area contributed by atoms with E-state index in [-0.39, 0.29) is 17.3 Å². The number of aromatic carboxylic acids is 1. The van der Waals surface area contributed by atoms with Crippen LogP contribution in [0.2, 0.25) is 0 Å². The van der Waals surface area contributed by atoms with E-state index < -0.39 is 11.9 Å². The molecule has 0 saturated carbocycles. The molecule has 7 heteroatoms. The predicted molar refractivity (Wildman–Crippen MR) is 73.9 cm³/mol. The maximum Gasteiger partial charge on any atom is 0.338 e. The summed E-state index contributed by atoms with van der Waals surface area (Å²) in [4.78, 5) is 32.2. The molecular formula is C13H13N3O3S. The molecule has 0 aliphatic rings. The first kappa shape index (κ1) is 14.1. The number of amides is 1. The van der Waals surface area contributed by atoms with E-state index in [1.54, 1.807) is 13.1 Å². The summed E-state index contributed by atoms with van der Waals surface area (Å²) >= 11 is 1.48. The molecule has 0 saturated heterocycles. The highest BCUT2D eigenvalue weighted by molar-refractivity contribution is 7.11. The Kier molecular flexibility index (Phi) is 4.09. The summed E-state index contributed by atoms with van der Waals surface area (Å²) in [5.74, 6) is -1.70. The second-order valence-electron chi connectivity index (χ2n) is 4.21. The SMILES string of the molecule is Cc1cnc(C(C)NC(=O)c2ncccc2C(=O)O)s1. The Hall–Kier alpha value is -2.28. The van der Waals surface area contributed by atoms with Crippen LogP contribution in [0, 0.1) is 6.92 Å². The lowest BCUT2D eigenvalue weighted by atomic mass is 10.2. The minimum atomic E-state index is -1.18. The average Bonchev–Trinajstić information content (AvgIpc) is 2.85. The van der Waals surface area contributed by atoms with Gasteiger partial charge in [-0.25, -0.2) is 9.78 Å². The van der Waals surface area contributed by atoms with Crippen molar-refractivity contribution >= 4 is 23.2 Å². The van der Waals surface area contributed by atoms with Crippen LogP contribution in [0.25, 0.3) is 0 Å². The number of hydrogen-bond donors (Lipinski definition) is 2. The largest absolute Gasteiger partial charge is 0.478 e. The number of nitrogens with one attached hydrogen (secondary N) is 1.